The molecule has 0 saturated carbocycles. The molecule has 0 aromatic carbocycles. The smallest absolute Gasteiger partial charge is 0.345 e. The molecule has 0 aromatic rings. The van der Waals surface area contributed by atoms with Gasteiger partial charge in [0.05, 0.1) is 6.61 Å². The van der Waals surface area contributed by atoms with Crippen LogP contribution in [0.1, 0.15) is 13.3 Å². The van der Waals surface area contributed by atoms with Gasteiger partial charge in [-0.2, -0.15) is 0 Å². The van der Waals surface area contributed by atoms with Crippen molar-refractivity contribution in [2.24, 2.45) is 0 Å². The van der Waals surface area contributed by atoms with Gasteiger partial charge < -0.3 is 20.1 Å². The fraction of sp³-hybridized carbons (Fsp3) is 0.556. The lowest BCUT2D eigenvalue weighted by molar-refractivity contribution is -0.164. The van der Waals surface area contributed by atoms with Crippen LogP contribution in [0.5, 0.6) is 0 Å². The first kappa shape index (κ1) is 13.8. The number of hydrogen-bond acceptors (Lipinski definition) is 6. The lowest BCUT2D eigenvalue weighted by atomic mass is 10.2. The van der Waals surface area contributed by atoms with Crippen LogP contribution < -0.4 is 0 Å². The van der Waals surface area contributed by atoms with Crippen molar-refractivity contribution in [1.29, 1.82) is 0 Å². The van der Waals surface area contributed by atoms with Gasteiger partial charge in [-0.05, 0) is 13.3 Å². The minimum absolute atomic E-state index is 0.113. The van der Waals surface area contributed by atoms with Gasteiger partial charge in [0.1, 0.15) is 0 Å². The number of aliphatic hydroxyl groups excluding tert-OH is 3. The summed E-state index contributed by atoms with van der Waals surface area (Å²) in [6.07, 6.45) is -0.0295. The molecule has 0 aromatic heterocycles. The molecular weight excluding hydrogens is 204 g/mol. The van der Waals surface area contributed by atoms with E-state index in [1.54, 1.807) is 0 Å². The van der Waals surface area contributed by atoms with Gasteiger partial charge in [-0.25, -0.2) is 9.59 Å². The lowest BCUT2D eigenvalue weighted by Crippen LogP contribution is -2.29. The third-order valence-electron chi connectivity index (χ3n) is 1.54. The van der Waals surface area contributed by atoms with Gasteiger partial charge in [-0.1, -0.05) is 6.08 Å². The first-order valence-corrected chi connectivity index (χ1v) is 4.35. The maximum absolute atomic E-state index is 11.1. The van der Waals surface area contributed by atoms with E-state index in [9.17, 15) is 9.59 Å². The van der Waals surface area contributed by atoms with Gasteiger partial charge in [-0.15, -0.1) is 0 Å². The molecule has 0 spiro atoms. The summed E-state index contributed by atoms with van der Waals surface area (Å²) in [6.45, 7) is 0.500. The molecule has 1 unspecified atom stereocenters. The van der Waals surface area contributed by atoms with Gasteiger partial charge in [0.15, 0.2) is 6.10 Å². The lowest BCUT2D eigenvalue weighted by Gasteiger charge is -2.06. The van der Waals surface area contributed by atoms with Crippen LogP contribution in [0.15, 0.2) is 11.6 Å². The Hall–Kier alpha value is -1.24. The van der Waals surface area contributed by atoms with Crippen LogP contribution in [0.2, 0.25) is 0 Å². The van der Waals surface area contributed by atoms with Gasteiger partial charge >= 0.3 is 11.9 Å². The Morgan fingerprint density at radius 1 is 1.40 bits per heavy atom. The van der Waals surface area contributed by atoms with E-state index in [1.807, 2.05) is 0 Å². The number of hydrogen-bond donors (Lipinski definition) is 3. The fourth-order valence-corrected chi connectivity index (χ4v) is 0.679. The molecule has 6 heteroatoms. The number of carbonyl (C=O) groups excluding carboxylic acids is 2. The maximum atomic E-state index is 11.1. The molecule has 0 bridgehead atoms. The summed E-state index contributed by atoms with van der Waals surface area (Å²) >= 11 is 0. The van der Waals surface area contributed by atoms with E-state index in [4.69, 9.17) is 15.3 Å². The number of aliphatic hydroxyl groups is 3. The zero-order chi connectivity index (χ0) is 11.8. The predicted octanol–water partition coefficient (Wildman–Crippen LogP) is -1.26. The quantitative estimate of drug-likeness (QED) is 0.302. The van der Waals surface area contributed by atoms with Crippen molar-refractivity contribution in [3.05, 3.63) is 11.6 Å². The van der Waals surface area contributed by atoms with E-state index in [1.165, 1.54) is 13.0 Å². The molecule has 6 nitrogen and oxygen atoms in total. The summed E-state index contributed by atoms with van der Waals surface area (Å²) in [7, 11) is 0. The molecule has 0 fully saturated rings. The Labute approximate surface area is 86.8 Å². The molecule has 0 aliphatic carbocycles. The zero-order valence-corrected chi connectivity index (χ0v) is 8.34. The Bertz CT molecular complexity index is 257. The van der Waals surface area contributed by atoms with E-state index < -0.39 is 24.6 Å². The average molecular weight is 218 g/mol. The summed E-state index contributed by atoms with van der Waals surface area (Å²) in [5.41, 5.74) is 0.155. The van der Waals surface area contributed by atoms with Crippen molar-refractivity contribution in [2.75, 3.05) is 13.2 Å². The number of carbonyl (C=O) groups is 2. The van der Waals surface area contributed by atoms with Crippen molar-refractivity contribution in [3.8, 4) is 0 Å². The predicted molar refractivity (Wildman–Crippen MR) is 49.7 cm³/mol. The second-order valence-corrected chi connectivity index (χ2v) is 2.81. The zero-order valence-electron chi connectivity index (χ0n) is 8.34. The fourth-order valence-electron chi connectivity index (χ4n) is 0.679. The molecule has 0 aliphatic rings. The van der Waals surface area contributed by atoms with Crippen LogP contribution in [0.4, 0.5) is 0 Å². The van der Waals surface area contributed by atoms with Crippen molar-refractivity contribution >= 4 is 11.9 Å². The average Bonchev–Trinajstić information content (AvgIpc) is 2.24. The molecule has 0 amide bonds. The Morgan fingerprint density at radius 3 is 2.47 bits per heavy atom. The summed E-state index contributed by atoms with van der Waals surface area (Å²) in [4.78, 5) is 21.9. The molecule has 15 heavy (non-hydrogen) atoms. The SMILES string of the molecule is C/C(=C\CCO)C(=O)OC(=O)C(O)CO. The van der Waals surface area contributed by atoms with E-state index in [2.05, 4.69) is 4.74 Å². The summed E-state index contributed by atoms with van der Waals surface area (Å²) in [5.74, 6) is -2.10. The highest BCUT2D eigenvalue weighted by atomic mass is 16.6. The third kappa shape index (κ3) is 5.26. The van der Waals surface area contributed by atoms with Crippen LogP contribution in [-0.2, 0) is 14.3 Å². The standard InChI is InChI=1S/C9H14O6/c1-6(3-2-4-10)8(13)15-9(14)7(12)5-11/h3,7,10-12H,2,4-5H2,1H3/b6-3+. The van der Waals surface area contributed by atoms with E-state index in [0.717, 1.165) is 0 Å². The highest BCUT2D eigenvalue weighted by Gasteiger charge is 2.19. The maximum Gasteiger partial charge on any atom is 0.345 e. The number of rotatable bonds is 5. The van der Waals surface area contributed by atoms with Gasteiger partial charge in [0.2, 0.25) is 0 Å². The highest BCUT2D eigenvalue weighted by molar-refractivity contribution is 5.96. The van der Waals surface area contributed by atoms with Crippen LogP contribution in [0.25, 0.3) is 0 Å². The topological polar surface area (TPSA) is 104 Å². The molecule has 0 aliphatic heterocycles. The highest BCUT2D eigenvalue weighted by Crippen LogP contribution is 2.00. The molecule has 0 saturated heterocycles. The van der Waals surface area contributed by atoms with Gasteiger partial charge in [0.25, 0.3) is 0 Å². The largest absolute Gasteiger partial charge is 0.396 e. The summed E-state index contributed by atoms with van der Waals surface area (Å²) < 4.78 is 4.22. The van der Waals surface area contributed by atoms with Gasteiger partial charge in [-0.3, -0.25) is 0 Å². The monoisotopic (exact) mass is 218 g/mol. The summed E-state index contributed by atoms with van der Waals surface area (Å²) in [6, 6.07) is 0. The molecule has 86 valence electrons. The molecular formula is C9H14O6. The van der Waals surface area contributed by atoms with Crippen LogP contribution in [0.3, 0.4) is 0 Å². The molecule has 0 rings (SSSR count). The second kappa shape index (κ2) is 7.10. The molecule has 0 radical (unpaired) electrons. The second-order valence-electron chi connectivity index (χ2n) is 2.81. The van der Waals surface area contributed by atoms with Crippen molar-refractivity contribution in [1.82, 2.24) is 0 Å². The summed E-state index contributed by atoms with van der Waals surface area (Å²) in [5, 5.41) is 25.7. The van der Waals surface area contributed by atoms with Crippen molar-refractivity contribution in [2.45, 2.75) is 19.4 Å². The minimum Gasteiger partial charge on any atom is -0.396 e. The number of ether oxygens (including phenoxy) is 1. The van der Waals surface area contributed by atoms with Crippen molar-refractivity contribution in [3.63, 3.8) is 0 Å². The van der Waals surface area contributed by atoms with Crippen LogP contribution in [0, 0.1) is 0 Å². The Balaban J connectivity index is 4.19. The molecule has 1 atom stereocenters. The normalized spacial score (nSPS) is 13.5. The molecule has 3 N–H and O–H groups in total. The van der Waals surface area contributed by atoms with E-state index in [-0.39, 0.29) is 18.6 Å². The van der Waals surface area contributed by atoms with Gasteiger partial charge in [0, 0.05) is 12.2 Å². The Morgan fingerprint density at radius 2 is 2.00 bits per heavy atom. The molecule has 0 heterocycles. The van der Waals surface area contributed by atoms with Crippen molar-refractivity contribution < 1.29 is 29.6 Å². The Kier molecular flexibility index (Phi) is 6.52. The first-order chi connectivity index (χ1) is 7.02. The van der Waals surface area contributed by atoms with E-state index >= 15 is 0 Å². The van der Waals surface area contributed by atoms with E-state index in [0.29, 0.717) is 0 Å². The minimum atomic E-state index is -1.71. The third-order valence-corrected chi connectivity index (χ3v) is 1.54. The first-order valence-electron chi connectivity index (χ1n) is 4.35. The number of esters is 2. The van der Waals surface area contributed by atoms with Crippen LogP contribution >= 0.6 is 0 Å². The van der Waals surface area contributed by atoms with Crippen LogP contribution in [-0.4, -0.2) is 46.6 Å².